The maximum absolute atomic E-state index is 13.3. The van der Waals surface area contributed by atoms with Gasteiger partial charge in [0, 0.05) is 36.3 Å². The molecule has 0 unspecified atom stereocenters. The Balaban J connectivity index is 1.56. The van der Waals surface area contributed by atoms with E-state index in [1.54, 1.807) is 0 Å². The molecule has 1 aliphatic heterocycles. The Labute approximate surface area is 170 Å². The second-order valence-electron chi connectivity index (χ2n) is 7.82. The zero-order chi connectivity index (χ0) is 18.6. The number of benzene rings is 2. The summed E-state index contributed by atoms with van der Waals surface area (Å²) in [5.41, 5.74) is 3.17. The normalized spacial score (nSPS) is 18.3. The predicted octanol–water partition coefficient (Wildman–Crippen LogP) is 5.49. The minimum absolute atomic E-state index is 0.202. The van der Waals surface area contributed by atoms with E-state index in [4.69, 9.17) is 0 Å². The summed E-state index contributed by atoms with van der Waals surface area (Å²) in [5.74, 6) is 0.874. The van der Waals surface area contributed by atoms with Gasteiger partial charge in [-0.1, -0.05) is 59.5 Å². The molecule has 0 spiro atoms. The third-order valence-corrected chi connectivity index (χ3v) is 6.36. The van der Waals surface area contributed by atoms with Crippen LogP contribution in [0.15, 0.2) is 53.0 Å². The molecule has 0 N–H and O–H groups in total. The molecule has 4 heteroatoms. The molecule has 0 saturated heterocycles. The maximum Gasteiger partial charge on any atom is 0.256 e. The van der Waals surface area contributed by atoms with Crippen molar-refractivity contribution in [3.05, 3.63) is 64.1 Å². The van der Waals surface area contributed by atoms with Crippen LogP contribution in [-0.2, 0) is 6.54 Å². The molecule has 1 amide bonds. The molecule has 2 aromatic rings. The summed E-state index contributed by atoms with van der Waals surface area (Å²) in [7, 11) is 0. The topological polar surface area (TPSA) is 23.6 Å². The van der Waals surface area contributed by atoms with Gasteiger partial charge in [-0.15, -0.1) is 0 Å². The highest BCUT2D eigenvalue weighted by atomic mass is 79.9. The Hall–Kier alpha value is -1.81. The van der Waals surface area contributed by atoms with Gasteiger partial charge in [-0.2, -0.15) is 0 Å². The van der Waals surface area contributed by atoms with Gasteiger partial charge in [0.05, 0.1) is 5.56 Å². The molecular formula is C23H27BrN2O. The van der Waals surface area contributed by atoms with Crippen LogP contribution in [0.2, 0.25) is 0 Å². The monoisotopic (exact) mass is 426 g/mol. The fourth-order valence-electron chi connectivity index (χ4n) is 4.44. The molecule has 0 aromatic heterocycles. The van der Waals surface area contributed by atoms with Crippen molar-refractivity contribution < 1.29 is 4.79 Å². The zero-order valence-electron chi connectivity index (χ0n) is 15.7. The quantitative estimate of drug-likeness (QED) is 0.644. The van der Waals surface area contributed by atoms with E-state index in [1.807, 2.05) is 18.2 Å². The number of carbonyl (C=O) groups is 1. The zero-order valence-corrected chi connectivity index (χ0v) is 17.3. The van der Waals surface area contributed by atoms with E-state index in [-0.39, 0.29) is 5.91 Å². The molecule has 1 heterocycles. The van der Waals surface area contributed by atoms with Crippen LogP contribution in [0.1, 0.15) is 48.0 Å². The van der Waals surface area contributed by atoms with Crippen molar-refractivity contribution in [3.63, 3.8) is 0 Å². The highest BCUT2D eigenvalue weighted by Crippen LogP contribution is 2.29. The summed E-state index contributed by atoms with van der Waals surface area (Å²) < 4.78 is 1.10. The molecule has 1 fully saturated rings. The Morgan fingerprint density at radius 3 is 2.52 bits per heavy atom. The van der Waals surface area contributed by atoms with Crippen LogP contribution in [0.5, 0.6) is 0 Å². The number of fused-ring (bicyclic) bond motifs is 1. The summed E-state index contributed by atoms with van der Waals surface area (Å²) in [5, 5.41) is 0. The van der Waals surface area contributed by atoms with E-state index >= 15 is 0 Å². The third-order valence-electron chi connectivity index (χ3n) is 5.87. The Bertz CT molecular complexity index is 800. The average Bonchev–Trinajstić information content (AvgIpc) is 2.82. The minimum Gasteiger partial charge on any atom is -0.365 e. The van der Waals surface area contributed by atoms with Crippen molar-refractivity contribution in [3.8, 4) is 0 Å². The van der Waals surface area contributed by atoms with Gasteiger partial charge >= 0.3 is 0 Å². The Morgan fingerprint density at radius 2 is 1.70 bits per heavy atom. The number of carbonyl (C=O) groups excluding carboxylic acids is 1. The highest BCUT2D eigenvalue weighted by molar-refractivity contribution is 9.10. The second kappa shape index (κ2) is 8.47. The van der Waals surface area contributed by atoms with Gasteiger partial charge in [-0.3, -0.25) is 4.79 Å². The van der Waals surface area contributed by atoms with Gasteiger partial charge in [-0.25, -0.2) is 0 Å². The lowest BCUT2D eigenvalue weighted by molar-refractivity contribution is 0.0726. The number of halogens is 1. The van der Waals surface area contributed by atoms with Crippen molar-refractivity contribution in [1.29, 1.82) is 0 Å². The first kappa shape index (κ1) is 18.5. The van der Waals surface area contributed by atoms with Crippen LogP contribution in [0.25, 0.3) is 0 Å². The van der Waals surface area contributed by atoms with Crippen LogP contribution in [-0.4, -0.2) is 30.4 Å². The van der Waals surface area contributed by atoms with Gasteiger partial charge < -0.3 is 9.80 Å². The van der Waals surface area contributed by atoms with Crippen LogP contribution >= 0.6 is 15.9 Å². The van der Waals surface area contributed by atoms with E-state index in [2.05, 4.69) is 56.1 Å². The van der Waals surface area contributed by atoms with Crippen molar-refractivity contribution in [2.24, 2.45) is 5.92 Å². The second-order valence-corrected chi connectivity index (χ2v) is 8.74. The SMILES string of the molecule is O=C1c2ccccc2N(Cc2cccc(Br)c2)CCN1CC1CCCCC1. The van der Waals surface area contributed by atoms with Crippen LogP contribution in [0.4, 0.5) is 5.69 Å². The van der Waals surface area contributed by atoms with Gasteiger partial charge in [0.2, 0.25) is 0 Å². The fraction of sp³-hybridized carbons (Fsp3) is 0.435. The first-order valence-corrected chi connectivity index (χ1v) is 10.9. The van der Waals surface area contributed by atoms with E-state index in [0.717, 1.165) is 41.9 Å². The fourth-order valence-corrected chi connectivity index (χ4v) is 4.89. The van der Waals surface area contributed by atoms with E-state index in [0.29, 0.717) is 5.92 Å². The molecule has 1 saturated carbocycles. The third kappa shape index (κ3) is 4.37. The van der Waals surface area contributed by atoms with Crippen LogP contribution in [0, 0.1) is 5.92 Å². The minimum atomic E-state index is 0.202. The van der Waals surface area contributed by atoms with Crippen molar-refractivity contribution in [1.82, 2.24) is 4.90 Å². The molecule has 142 valence electrons. The molecule has 4 rings (SSSR count). The van der Waals surface area contributed by atoms with Crippen LogP contribution < -0.4 is 4.90 Å². The molecule has 1 aliphatic carbocycles. The van der Waals surface area contributed by atoms with Crippen molar-refractivity contribution in [2.75, 3.05) is 24.5 Å². The molecule has 0 atom stereocenters. The standard InChI is InChI=1S/C23H27BrN2O/c24-20-10-6-9-19(15-20)17-25-13-14-26(16-18-7-2-1-3-8-18)23(27)21-11-4-5-12-22(21)25/h4-6,9-12,15,18H,1-3,7-8,13-14,16-17H2. The number of para-hydroxylation sites is 1. The van der Waals surface area contributed by atoms with Gasteiger partial charge in [0.25, 0.3) is 5.91 Å². The number of rotatable bonds is 4. The predicted molar refractivity (Wildman–Crippen MR) is 114 cm³/mol. The van der Waals surface area contributed by atoms with Crippen molar-refractivity contribution >= 4 is 27.5 Å². The molecular weight excluding hydrogens is 400 g/mol. The Morgan fingerprint density at radius 1 is 0.926 bits per heavy atom. The van der Waals surface area contributed by atoms with Gasteiger partial charge in [-0.05, 0) is 48.6 Å². The largest absolute Gasteiger partial charge is 0.365 e. The number of anilines is 1. The first-order valence-electron chi connectivity index (χ1n) is 10.1. The molecule has 0 radical (unpaired) electrons. The van der Waals surface area contributed by atoms with Crippen molar-refractivity contribution in [2.45, 2.75) is 38.6 Å². The highest BCUT2D eigenvalue weighted by Gasteiger charge is 2.28. The lowest BCUT2D eigenvalue weighted by atomic mass is 9.89. The molecule has 2 aromatic carbocycles. The van der Waals surface area contributed by atoms with E-state index < -0.39 is 0 Å². The van der Waals surface area contributed by atoms with Gasteiger partial charge in [0.15, 0.2) is 0 Å². The number of nitrogens with zero attached hydrogens (tertiary/aromatic N) is 2. The van der Waals surface area contributed by atoms with E-state index in [9.17, 15) is 4.79 Å². The first-order chi connectivity index (χ1) is 13.2. The molecule has 27 heavy (non-hydrogen) atoms. The van der Waals surface area contributed by atoms with E-state index in [1.165, 1.54) is 37.7 Å². The Kier molecular flexibility index (Phi) is 5.82. The lowest BCUT2D eigenvalue weighted by Crippen LogP contribution is -2.38. The van der Waals surface area contributed by atoms with Gasteiger partial charge in [0.1, 0.15) is 0 Å². The average molecular weight is 427 g/mol. The smallest absolute Gasteiger partial charge is 0.256 e. The summed E-state index contributed by atoms with van der Waals surface area (Å²) >= 11 is 3.57. The summed E-state index contributed by atoms with van der Waals surface area (Å²) in [6.45, 7) is 3.42. The summed E-state index contributed by atoms with van der Waals surface area (Å²) in [6, 6.07) is 16.5. The summed E-state index contributed by atoms with van der Waals surface area (Å²) in [4.78, 5) is 17.7. The lowest BCUT2D eigenvalue weighted by Gasteiger charge is -2.29. The molecule has 0 bridgehead atoms. The number of hydrogen-bond donors (Lipinski definition) is 0. The van der Waals surface area contributed by atoms with Crippen LogP contribution in [0.3, 0.4) is 0 Å². The number of hydrogen-bond acceptors (Lipinski definition) is 2. The molecule has 2 aliphatic rings. The number of amides is 1. The molecule has 3 nitrogen and oxygen atoms in total. The maximum atomic E-state index is 13.3. The summed E-state index contributed by atoms with van der Waals surface area (Å²) in [6.07, 6.45) is 6.53.